The maximum absolute atomic E-state index is 13.9. The quantitative estimate of drug-likeness (QED) is 0.556. The number of aromatic nitrogens is 5. The molecule has 0 spiro atoms. The molecule has 0 aliphatic heterocycles. The number of carbonyl (C=O) groups is 1. The van der Waals surface area contributed by atoms with Crippen molar-refractivity contribution in [2.75, 3.05) is 0 Å². The minimum absolute atomic E-state index is 0.0300. The van der Waals surface area contributed by atoms with Crippen molar-refractivity contribution in [2.45, 2.75) is 13.5 Å². The molecule has 9 heteroatoms. The van der Waals surface area contributed by atoms with Crippen molar-refractivity contribution in [1.82, 2.24) is 24.1 Å². The molecule has 4 rings (SSSR count). The van der Waals surface area contributed by atoms with Gasteiger partial charge in [-0.05, 0) is 19.1 Å². The molecule has 1 amide bonds. The lowest BCUT2D eigenvalue weighted by atomic mass is 10.2. The first-order valence-corrected chi connectivity index (χ1v) is 8.64. The van der Waals surface area contributed by atoms with Gasteiger partial charge < -0.3 is 4.57 Å². The number of rotatable bonds is 3. The van der Waals surface area contributed by atoms with Gasteiger partial charge in [0.2, 0.25) is 5.82 Å². The molecule has 0 atom stereocenters. The molecule has 1 aromatic carbocycles. The summed E-state index contributed by atoms with van der Waals surface area (Å²) in [4.78, 5) is 25.2. The van der Waals surface area contributed by atoms with Crippen LogP contribution in [0.4, 0.5) is 4.39 Å². The average molecular weight is 368 g/mol. The van der Waals surface area contributed by atoms with Crippen LogP contribution in [0.5, 0.6) is 0 Å². The third kappa shape index (κ3) is 3.04. The highest BCUT2D eigenvalue weighted by Crippen LogP contribution is 2.08. The van der Waals surface area contributed by atoms with Gasteiger partial charge in [-0.25, -0.2) is 13.9 Å². The van der Waals surface area contributed by atoms with Crippen LogP contribution in [0.1, 0.15) is 21.9 Å². The summed E-state index contributed by atoms with van der Waals surface area (Å²) < 4.78 is 17.1. The highest BCUT2D eigenvalue weighted by Gasteiger charge is 2.14. The number of nitrogens with zero attached hydrogens (tertiary/aromatic N) is 6. The highest BCUT2D eigenvalue weighted by atomic mass is 32.1. The van der Waals surface area contributed by atoms with Gasteiger partial charge in [-0.2, -0.15) is 9.98 Å². The van der Waals surface area contributed by atoms with Crippen molar-refractivity contribution in [3.05, 3.63) is 75.8 Å². The number of amides is 1. The predicted molar refractivity (Wildman–Crippen MR) is 93.2 cm³/mol. The first-order valence-electron chi connectivity index (χ1n) is 7.76. The van der Waals surface area contributed by atoms with E-state index in [1.165, 1.54) is 21.9 Å². The fourth-order valence-corrected chi connectivity index (χ4v) is 3.18. The molecule has 0 saturated heterocycles. The Bertz CT molecular complexity index is 1180. The van der Waals surface area contributed by atoms with Crippen LogP contribution >= 0.6 is 11.3 Å². The first kappa shape index (κ1) is 16.3. The van der Waals surface area contributed by atoms with E-state index < -0.39 is 5.91 Å². The lowest BCUT2D eigenvalue weighted by Crippen LogP contribution is -2.18. The molecule has 4 aromatic rings. The van der Waals surface area contributed by atoms with Gasteiger partial charge >= 0.3 is 5.91 Å². The van der Waals surface area contributed by atoms with E-state index in [9.17, 15) is 9.18 Å². The summed E-state index contributed by atoms with van der Waals surface area (Å²) in [5.41, 5.74) is 1.33. The lowest BCUT2D eigenvalue weighted by Gasteiger charge is -2.04. The summed E-state index contributed by atoms with van der Waals surface area (Å²) in [5, 5.41) is 5.94. The Morgan fingerprint density at radius 3 is 2.96 bits per heavy atom. The zero-order valence-corrected chi connectivity index (χ0v) is 14.5. The van der Waals surface area contributed by atoms with Crippen molar-refractivity contribution in [1.29, 1.82) is 0 Å². The van der Waals surface area contributed by atoms with Crippen LogP contribution in [0.15, 0.2) is 53.1 Å². The van der Waals surface area contributed by atoms with E-state index in [1.807, 2.05) is 6.92 Å². The number of hydrogen-bond acceptors (Lipinski definition) is 5. The Morgan fingerprint density at radius 2 is 2.15 bits per heavy atom. The second-order valence-electron chi connectivity index (χ2n) is 5.56. The molecule has 0 aliphatic rings. The fraction of sp³-hybridized carbons (Fsp3) is 0.118. The smallest absolute Gasteiger partial charge is 0.319 e. The van der Waals surface area contributed by atoms with E-state index in [2.05, 4.69) is 20.1 Å². The van der Waals surface area contributed by atoms with Gasteiger partial charge in [-0.3, -0.25) is 4.79 Å². The third-order valence-corrected chi connectivity index (χ3v) is 4.57. The second kappa shape index (κ2) is 6.60. The number of aryl methyl sites for hydroxylation is 1. The van der Waals surface area contributed by atoms with Gasteiger partial charge in [-0.1, -0.05) is 18.2 Å². The van der Waals surface area contributed by atoms with Crippen molar-refractivity contribution in [3.63, 3.8) is 0 Å². The van der Waals surface area contributed by atoms with Crippen LogP contribution < -0.4 is 4.80 Å². The molecule has 0 N–H and O–H groups in total. The van der Waals surface area contributed by atoms with Gasteiger partial charge in [0.05, 0.1) is 6.54 Å². The van der Waals surface area contributed by atoms with Crippen LogP contribution in [0.2, 0.25) is 0 Å². The van der Waals surface area contributed by atoms with Gasteiger partial charge in [-0.15, -0.1) is 16.4 Å². The molecule has 3 aromatic heterocycles. The molecule has 3 heterocycles. The van der Waals surface area contributed by atoms with Crippen LogP contribution in [0, 0.1) is 12.7 Å². The Hall–Kier alpha value is -3.20. The molecule has 0 unspecified atom stereocenters. The Labute approximate surface area is 151 Å². The Morgan fingerprint density at radius 1 is 1.31 bits per heavy atom. The van der Waals surface area contributed by atoms with Crippen LogP contribution in [0.3, 0.4) is 0 Å². The highest BCUT2D eigenvalue weighted by molar-refractivity contribution is 7.07. The van der Waals surface area contributed by atoms with E-state index in [0.29, 0.717) is 16.1 Å². The fourth-order valence-electron chi connectivity index (χ4n) is 2.45. The monoisotopic (exact) mass is 368 g/mol. The topological polar surface area (TPSA) is 77.4 Å². The predicted octanol–water partition coefficient (Wildman–Crippen LogP) is 2.22. The van der Waals surface area contributed by atoms with Gasteiger partial charge in [0.25, 0.3) is 5.78 Å². The second-order valence-corrected chi connectivity index (χ2v) is 6.43. The third-order valence-electron chi connectivity index (χ3n) is 3.78. The summed E-state index contributed by atoms with van der Waals surface area (Å²) >= 11 is 1.28. The summed E-state index contributed by atoms with van der Waals surface area (Å²) in [7, 11) is 0. The van der Waals surface area contributed by atoms with Gasteiger partial charge in [0, 0.05) is 29.0 Å². The van der Waals surface area contributed by atoms with E-state index in [-0.39, 0.29) is 18.2 Å². The number of hydrogen-bond donors (Lipinski definition) is 0. The van der Waals surface area contributed by atoms with Crippen LogP contribution in [0.25, 0.3) is 5.78 Å². The molecular weight excluding hydrogens is 355 g/mol. The molecule has 130 valence electrons. The number of thiazole rings is 1. The summed E-state index contributed by atoms with van der Waals surface area (Å²) in [6, 6.07) is 8.28. The largest absolute Gasteiger partial charge is 0.319 e. The summed E-state index contributed by atoms with van der Waals surface area (Å²) in [6.07, 6.45) is 3.36. The van der Waals surface area contributed by atoms with E-state index in [0.717, 1.165) is 5.69 Å². The normalized spacial score (nSPS) is 12.0. The minimum atomic E-state index is -0.570. The van der Waals surface area contributed by atoms with Crippen LogP contribution in [-0.4, -0.2) is 30.1 Å². The molecule has 0 saturated carbocycles. The van der Waals surface area contributed by atoms with Crippen molar-refractivity contribution in [3.8, 4) is 0 Å². The lowest BCUT2D eigenvalue weighted by molar-refractivity contribution is 0.0988. The first-order chi connectivity index (χ1) is 12.6. The number of halogens is 1. The number of carbonyl (C=O) groups excluding carboxylic acids is 1. The minimum Gasteiger partial charge on any atom is -0.319 e. The number of fused-ring (bicyclic) bond motifs is 1. The molecular formula is C17H13FN6OS. The standard InChI is InChI=1S/C17H13FN6OS/c1-11-6-7-19-16-20-14(22-24(11)16)15(25)21-17-23(8-9-26-17)10-12-4-2-3-5-13(12)18/h2-9H,10H2,1H3. The van der Waals surface area contributed by atoms with Crippen molar-refractivity contribution < 1.29 is 9.18 Å². The van der Waals surface area contributed by atoms with E-state index in [1.54, 1.807) is 46.6 Å². The zero-order chi connectivity index (χ0) is 18.1. The van der Waals surface area contributed by atoms with Gasteiger partial charge in [0.1, 0.15) is 5.82 Å². The van der Waals surface area contributed by atoms with Crippen molar-refractivity contribution in [2.24, 2.45) is 4.99 Å². The molecule has 7 nitrogen and oxygen atoms in total. The van der Waals surface area contributed by atoms with Crippen LogP contribution in [-0.2, 0) is 6.54 Å². The maximum Gasteiger partial charge on any atom is 0.319 e. The molecule has 26 heavy (non-hydrogen) atoms. The SMILES string of the molecule is Cc1ccnc2nc(C(=O)N=c3sccn3Cc3ccccc3F)nn12. The average Bonchev–Trinajstić information content (AvgIpc) is 3.25. The maximum atomic E-state index is 13.9. The molecule has 0 radical (unpaired) electrons. The Balaban J connectivity index is 1.68. The summed E-state index contributed by atoms with van der Waals surface area (Å²) in [6.45, 7) is 2.12. The molecule has 0 aliphatic carbocycles. The summed E-state index contributed by atoms with van der Waals surface area (Å²) in [5.74, 6) is -0.557. The van der Waals surface area contributed by atoms with Crippen molar-refractivity contribution >= 4 is 23.0 Å². The van der Waals surface area contributed by atoms with E-state index in [4.69, 9.17) is 0 Å². The van der Waals surface area contributed by atoms with Gasteiger partial charge in [0.15, 0.2) is 4.80 Å². The zero-order valence-electron chi connectivity index (χ0n) is 13.7. The molecule has 0 fully saturated rings. The molecule has 0 bridgehead atoms. The Kier molecular flexibility index (Phi) is 4.13. The van der Waals surface area contributed by atoms with E-state index >= 15 is 0 Å². The number of benzene rings is 1.